The molecule has 106 valence electrons. The van der Waals surface area contributed by atoms with E-state index in [-0.39, 0.29) is 6.03 Å². The van der Waals surface area contributed by atoms with Crippen LogP contribution in [0.2, 0.25) is 0 Å². The molecule has 3 N–H and O–H groups in total. The van der Waals surface area contributed by atoms with Crippen molar-refractivity contribution in [2.75, 3.05) is 0 Å². The third-order valence-corrected chi connectivity index (χ3v) is 3.76. The first-order chi connectivity index (χ1) is 10.2. The smallest absolute Gasteiger partial charge is 0.343 e. The normalized spacial score (nSPS) is 16.4. The highest BCUT2D eigenvalue weighted by atomic mass is 16.2. The van der Waals surface area contributed by atoms with Crippen LogP contribution in [0.25, 0.3) is 0 Å². The number of rotatable bonds is 4. The van der Waals surface area contributed by atoms with Crippen LogP contribution in [0.1, 0.15) is 11.1 Å². The van der Waals surface area contributed by atoms with Crippen LogP contribution in [0.4, 0.5) is 4.79 Å². The molecule has 1 aliphatic heterocycles. The van der Waals surface area contributed by atoms with Crippen LogP contribution < -0.4 is 11.1 Å². The summed E-state index contributed by atoms with van der Waals surface area (Å²) in [4.78, 5) is 15.6. The molecule has 0 aliphatic carbocycles. The summed E-state index contributed by atoms with van der Waals surface area (Å²) in [6.07, 6.45) is 1.26. The minimum atomic E-state index is -0.639. The van der Waals surface area contributed by atoms with Gasteiger partial charge in [0.15, 0.2) is 0 Å². The summed E-state index contributed by atoms with van der Waals surface area (Å²) >= 11 is 0. The molecule has 0 fully saturated rings. The van der Waals surface area contributed by atoms with Gasteiger partial charge in [-0.1, -0.05) is 60.7 Å². The van der Waals surface area contributed by atoms with Crippen molar-refractivity contribution in [3.63, 3.8) is 0 Å². The molecule has 2 amide bonds. The maximum Gasteiger partial charge on any atom is 0.343 e. The molecule has 0 unspecified atom stereocenters. The Morgan fingerprint density at radius 1 is 0.905 bits per heavy atom. The number of hydrogen-bond donors (Lipinski definition) is 2. The highest BCUT2D eigenvalue weighted by molar-refractivity contribution is 6.06. The summed E-state index contributed by atoms with van der Waals surface area (Å²) in [6, 6.07) is 19.6. The molecule has 4 nitrogen and oxygen atoms in total. The third kappa shape index (κ3) is 2.79. The van der Waals surface area contributed by atoms with E-state index in [2.05, 4.69) is 10.3 Å². The van der Waals surface area contributed by atoms with Crippen molar-refractivity contribution in [3.8, 4) is 0 Å². The molecule has 1 heterocycles. The first kappa shape index (κ1) is 13.4. The third-order valence-electron chi connectivity index (χ3n) is 3.76. The molecule has 2 aromatic rings. The highest BCUT2D eigenvalue weighted by Gasteiger charge is 2.41. The number of nitrogens with zero attached hydrogens (tertiary/aromatic N) is 1. The highest BCUT2D eigenvalue weighted by Crippen LogP contribution is 2.23. The maximum absolute atomic E-state index is 11.7. The van der Waals surface area contributed by atoms with E-state index in [1.165, 1.54) is 0 Å². The van der Waals surface area contributed by atoms with E-state index in [0.717, 1.165) is 11.1 Å². The predicted octanol–water partition coefficient (Wildman–Crippen LogP) is 2.29. The number of nitrogens with two attached hydrogens (primary N) is 1. The molecular formula is C17H17N3O. The van der Waals surface area contributed by atoms with Crippen LogP contribution in [0.3, 0.4) is 0 Å². The molecule has 0 saturated carbocycles. The molecule has 0 atom stereocenters. The van der Waals surface area contributed by atoms with E-state index in [1.54, 1.807) is 0 Å². The van der Waals surface area contributed by atoms with E-state index in [9.17, 15) is 4.79 Å². The minimum absolute atomic E-state index is 0.361. The van der Waals surface area contributed by atoms with Crippen molar-refractivity contribution in [1.29, 1.82) is 0 Å². The molecule has 21 heavy (non-hydrogen) atoms. The Morgan fingerprint density at radius 3 is 1.76 bits per heavy atom. The average Bonchev–Trinajstić information content (AvgIpc) is 2.75. The van der Waals surface area contributed by atoms with Gasteiger partial charge in [0.25, 0.3) is 0 Å². The minimum Gasteiger partial charge on any atom is -0.385 e. The lowest BCUT2D eigenvalue weighted by molar-refractivity contribution is 0.245. The summed E-state index contributed by atoms with van der Waals surface area (Å²) in [5, 5.41) is 2.95. The van der Waals surface area contributed by atoms with Crippen molar-refractivity contribution < 1.29 is 4.79 Å². The Hall–Kier alpha value is -2.62. The molecule has 1 aliphatic rings. The van der Waals surface area contributed by atoms with E-state index >= 15 is 0 Å². The van der Waals surface area contributed by atoms with Gasteiger partial charge in [-0.3, -0.25) is 0 Å². The molecule has 2 aromatic carbocycles. The maximum atomic E-state index is 11.7. The fourth-order valence-corrected chi connectivity index (χ4v) is 2.73. The predicted molar refractivity (Wildman–Crippen MR) is 83.2 cm³/mol. The van der Waals surface area contributed by atoms with Gasteiger partial charge in [-0.15, -0.1) is 0 Å². The lowest BCUT2D eigenvalue weighted by Crippen LogP contribution is -2.55. The first-order valence-electron chi connectivity index (χ1n) is 6.93. The molecule has 0 saturated heterocycles. The number of hydrogen-bond acceptors (Lipinski definition) is 2. The van der Waals surface area contributed by atoms with Crippen molar-refractivity contribution in [2.24, 2.45) is 10.7 Å². The zero-order chi connectivity index (χ0) is 14.7. The zero-order valence-electron chi connectivity index (χ0n) is 11.6. The Bertz CT molecular complexity index is 623. The summed E-state index contributed by atoms with van der Waals surface area (Å²) in [6.45, 7) is 0. The molecule has 4 heteroatoms. The van der Waals surface area contributed by atoms with E-state index in [1.807, 2.05) is 60.7 Å². The second-order valence-corrected chi connectivity index (χ2v) is 5.33. The lowest BCUT2D eigenvalue weighted by atomic mass is 9.84. The number of urea groups is 1. The summed E-state index contributed by atoms with van der Waals surface area (Å²) in [5.41, 5.74) is 7.67. The number of benzene rings is 2. The number of amides is 2. The van der Waals surface area contributed by atoms with Gasteiger partial charge in [0, 0.05) is 12.8 Å². The largest absolute Gasteiger partial charge is 0.385 e. The fraction of sp³-hybridized carbons (Fsp3) is 0.176. The number of carbonyl (C=O) groups is 1. The van der Waals surface area contributed by atoms with Crippen LogP contribution >= 0.6 is 0 Å². The van der Waals surface area contributed by atoms with Gasteiger partial charge in [0.05, 0.1) is 0 Å². The fourth-order valence-electron chi connectivity index (χ4n) is 2.73. The SMILES string of the molecule is NC1=NC(=O)NC1(Cc1ccccc1)Cc1ccccc1. The second kappa shape index (κ2) is 5.40. The Morgan fingerprint density at radius 2 is 1.38 bits per heavy atom. The molecule has 3 rings (SSSR count). The van der Waals surface area contributed by atoms with Gasteiger partial charge in [0.2, 0.25) is 0 Å². The van der Waals surface area contributed by atoms with Crippen LogP contribution in [0.15, 0.2) is 65.7 Å². The van der Waals surface area contributed by atoms with Gasteiger partial charge in [-0.2, -0.15) is 4.99 Å². The topological polar surface area (TPSA) is 67.5 Å². The second-order valence-electron chi connectivity index (χ2n) is 5.33. The van der Waals surface area contributed by atoms with Gasteiger partial charge in [-0.05, 0) is 11.1 Å². The van der Waals surface area contributed by atoms with Crippen molar-refractivity contribution in [3.05, 3.63) is 71.8 Å². The Kier molecular flexibility index (Phi) is 3.44. The van der Waals surface area contributed by atoms with Crippen LogP contribution in [-0.2, 0) is 12.8 Å². The Labute approximate surface area is 123 Å². The monoisotopic (exact) mass is 279 g/mol. The zero-order valence-corrected chi connectivity index (χ0v) is 11.6. The first-order valence-corrected chi connectivity index (χ1v) is 6.93. The number of aliphatic imine (C=N–C) groups is 1. The molecule has 0 aromatic heterocycles. The van der Waals surface area contributed by atoms with Crippen LogP contribution in [0.5, 0.6) is 0 Å². The van der Waals surface area contributed by atoms with Gasteiger partial charge in [-0.25, -0.2) is 4.79 Å². The van der Waals surface area contributed by atoms with E-state index < -0.39 is 5.54 Å². The molecule has 0 radical (unpaired) electrons. The molecular weight excluding hydrogens is 262 g/mol. The van der Waals surface area contributed by atoms with Gasteiger partial charge < -0.3 is 11.1 Å². The standard InChI is InChI=1S/C17H17N3O/c18-15-17(20-16(21)19-15,11-13-7-3-1-4-8-13)12-14-9-5-2-6-10-14/h1-10H,11-12H2,(H3,18,19,20,21). The number of nitrogens with one attached hydrogen (secondary N) is 1. The van der Waals surface area contributed by atoms with E-state index in [0.29, 0.717) is 18.7 Å². The molecule has 0 spiro atoms. The number of carbonyl (C=O) groups excluding carboxylic acids is 1. The van der Waals surface area contributed by atoms with Crippen LogP contribution in [0, 0.1) is 0 Å². The van der Waals surface area contributed by atoms with E-state index in [4.69, 9.17) is 5.73 Å². The lowest BCUT2D eigenvalue weighted by Gasteiger charge is -2.29. The Balaban J connectivity index is 1.93. The number of amidine groups is 1. The van der Waals surface area contributed by atoms with Crippen molar-refractivity contribution >= 4 is 11.9 Å². The van der Waals surface area contributed by atoms with Gasteiger partial charge in [0.1, 0.15) is 11.4 Å². The quantitative estimate of drug-likeness (QED) is 0.901. The average molecular weight is 279 g/mol. The summed E-state index contributed by atoms with van der Waals surface area (Å²) < 4.78 is 0. The van der Waals surface area contributed by atoms with Gasteiger partial charge >= 0.3 is 6.03 Å². The van der Waals surface area contributed by atoms with Crippen LogP contribution in [-0.4, -0.2) is 17.4 Å². The summed E-state index contributed by atoms with van der Waals surface area (Å²) in [7, 11) is 0. The molecule has 0 bridgehead atoms. The summed E-state index contributed by atoms with van der Waals surface area (Å²) in [5.74, 6) is 0.361. The van der Waals surface area contributed by atoms with Crippen molar-refractivity contribution in [1.82, 2.24) is 5.32 Å². The van der Waals surface area contributed by atoms with Crippen molar-refractivity contribution in [2.45, 2.75) is 18.4 Å².